The number of allylic oxidation sites excluding steroid dienone is 2. The van der Waals surface area contributed by atoms with Crippen molar-refractivity contribution in [3.63, 3.8) is 0 Å². The molecule has 172 valence electrons. The molecule has 0 unspecified atom stereocenters. The third-order valence-corrected chi connectivity index (χ3v) is 5.01. The summed E-state index contributed by atoms with van der Waals surface area (Å²) in [6.07, 6.45) is 0.878. The Balaban J connectivity index is 1.90. The number of aromatic hydroxyl groups is 1. The molecule has 2 aromatic rings. The quantitative estimate of drug-likeness (QED) is 0.255. The van der Waals surface area contributed by atoms with Gasteiger partial charge in [-0.3, -0.25) is 4.79 Å². The summed E-state index contributed by atoms with van der Waals surface area (Å²) >= 11 is 0. The van der Waals surface area contributed by atoms with Crippen molar-refractivity contribution in [3.8, 4) is 5.75 Å². The zero-order chi connectivity index (χ0) is 23.4. The zero-order valence-corrected chi connectivity index (χ0v) is 16.5. The van der Waals surface area contributed by atoms with E-state index in [9.17, 15) is 31.9 Å². The van der Waals surface area contributed by atoms with Gasteiger partial charge in [-0.1, -0.05) is 30.4 Å². The van der Waals surface area contributed by atoms with Crippen LogP contribution in [0.3, 0.4) is 0 Å². The van der Waals surface area contributed by atoms with Gasteiger partial charge >= 0.3 is 5.97 Å². The van der Waals surface area contributed by atoms with Crippen LogP contribution in [0.4, 0.5) is 22.0 Å². The minimum Gasteiger partial charge on any atom is -0.508 e. The summed E-state index contributed by atoms with van der Waals surface area (Å²) in [6.45, 7) is -0.188. The van der Waals surface area contributed by atoms with Crippen LogP contribution in [0.1, 0.15) is 42.8 Å². The van der Waals surface area contributed by atoms with Crippen molar-refractivity contribution < 1.29 is 46.4 Å². The molecule has 32 heavy (non-hydrogen) atoms. The topological polar surface area (TPSA) is 76.0 Å². The van der Waals surface area contributed by atoms with Crippen molar-refractivity contribution >= 4 is 5.97 Å². The highest BCUT2D eigenvalue weighted by Crippen LogP contribution is 2.44. The molecule has 0 saturated carbocycles. The predicted octanol–water partition coefficient (Wildman–Crippen LogP) is 5.30. The minimum absolute atomic E-state index is 0.0700. The lowest BCUT2D eigenvalue weighted by molar-refractivity contribution is -0.246. The third kappa shape index (κ3) is 4.91. The molecule has 1 fully saturated rings. The monoisotopic (exact) mass is 458 g/mol. The van der Waals surface area contributed by atoms with Crippen molar-refractivity contribution in [1.29, 1.82) is 0 Å². The fourth-order valence-corrected chi connectivity index (χ4v) is 3.40. The van der Waals surface area contributed by atoms with E-state index in [1.807, 2.05) is 0 Å². The number of aliphatic carboxylic acids is 1. The number of carboxylic acids is 1. The smallest absolute Gasteiger partial charge is 0.303 e. The van der Waals surface area contributed by atoms with Crippen LogP contribution >= 0.6 is 0 Å². The lowest BCUT2D eigenvalue weighted by Gasteiger charge is -2.37. The third-order valence-electron chi connectivity index (χ3n) is 5.01. The van der Waals surface area contributed by atoms with E-state index in [2.05, 4.69) is 0 Å². The fourth-order valence-electron chi connectivity index (χ4n) is 3.40. The van der Waals surface area contributed by atoms with Gasteiger partial charge in [0.05, 0.1) is 18.3 Å². The van der Waals surface area contributed by atoms with Crippen LogP contribution < -0.4 is 0 Å². The highest BCUT2D eigenvalue weighted by molar-refractivity contribution is 5.66. The molecule has 1 heterocycles. The van der Waals surface area contributed by atoms with Crippen LogP contribution in [0, 0.1) is 35.0 Å². The maximum atomic E-state index is 14.3. The van der Waals surface area contributed by atoms with Gasteiger partial charge in [0.1, 0.15) is 5.75 Å². The van der Waals surface area contributed by atoms with Crippen molar-refractivity contribution in [3.05, 3.63) is 76.6 Å². The van der Waals surface area contributed by atoms with Gasteiger partial charge in [-0.05, 0) is 18.9 Å². The standard InChI is InChI=1S/C22H19F5O5/c23-16-15(17(24)19(26)20(27)18(16)25)22-31-10-11(6-2-1-3-9-14(29)30)21(32-22)12-7-4-5-8-13(12)28/h1-2,4-5,7-8,11,21-22,28H,3,6,9-10H2,(H,29,30)/t11-,21+,22+/m1/s1. The molecule has 0 aliphatic carbocycles. The lowest BCUT2D eigenvalue weighted by Crippen LogP contribution is -2.32. The number of phenolic OH excluding ortho intramolecular Hbond substituents is 1. The molecule has 1 aliphatic rings. The number of carboxylic acid groups (broad SMARTS) is 1. The van der Waals surface area contributed by atoms with Crippen molar-refractivity contribution in [2.75, 3.05) is 6.61 Å². The Hall–Kier alpha value is -2.98. The lowest BCUT2D eigenvalue weighted by atomic mass is 9.91. The van der Waals surface area contributed by atoms with Gasteiger partial charge in [0.25, 0.3) is 0 Å². The van der Waals surface area contributed by atoms with Crippen molar-refractivity contribution in [1.82, 2.24) is 0 Å². The summed E-state index contributed by atoms with van der Waals surface area (Å²) in [7, 11) is 0. The first-order valence-corrected chi connectivity index (χ1v) is 9.65. The summed E-state index contributed by atoms with van der Waals surface area (Å²) in [4.78, 5) is 10.6. The van der Waals surface area contributed by atoms with Gasteiger partial charge in [-0.25, -0.2) is 22.0 Å². The first kappa shape index (κ1) is 23.7. The van der Waals surface area contributed by atoms with Crippen molar-refractivity contribution in [2.24, 2.45) is 5.92 Å². The largest absolute Gasteiger partial charge is 0.508 e. The summed E-state index contributed by atoms with van der Waals surface area (Å²) < 4.78 is 80.1. The molecule has 0 spiro atoms. The number of ether oxygens (including phenoxy) is 2. The van der Waals surface area contributed by atoms with Crippen LogP contribution in [0.15, 0.2) is 36.4 Å². The normalized spacial score (nSPS) is 21.2. The molecule has 0 radical (unpaired) electrons. The Morgan fingerprint density at radius 3 is 2.25 bits per heavy atom. The second-order valence-electron chi connectivity index (χ2n) is 7.16. The van der Waals surface area contributed by atoms with Crippen LogP contribution in [-0.4, -0.2) is 22.8 Å². The molecule has 10 heteroatoms. The van der Waals surface area contributed by atoms with E-state index in [0.717, 1.165) is 0 Å². The molecule has 1 saturated heterocycles. The number of hydrogen-bond acceptors (Lipinski definition) is 4. The zero-order valence-electron chi connectivity index (χ0n) is 16.5. The summed E-state index contributed by atoms with van der Waals surface area (Å²) in [5, 5.41) is 18.9. The number of hydrogen-bond donors (Lipinski definition) is 2. The predicted molar refractivity (Wildman–Crippen MR) is 101 cm³/mol. The molecule has 3 atom stereocenters. The Bertz CT molecular complexity index is 997. The van der Waals surface area contributed by atoms with Crippen LogP contribution in [0.5, 0.6) is 5.75 Å². The average molecular weight is 458 g/mol. The summed E-state index contributed by atoms with van der Waals surface area (Å²) in [5.41, 5.74) is -1.01. The number of phenols is 1. The molecule has 2 aromatic carbocycles. The van der Waals surface area contributed by atoms with Gasteiger partial charge in [0.15, 0.2) is 29.6 Å². The van der Waals surface area contributed by atoms with E-state index in [4.69, 9.17) is 14.6 Å². The molecule has 1 aliphatic heterocycles. The molecule has 0 aromatic heterocycles. The summed E-state index contributed by atoms with van der Waals surface area (Å²) in [5.74, 6) is -12.3. The number of benzene rings is 2. The van der Waals surface area contributed by atoms with Gasteiger partial charge in [-0.15, -0.1) is 0 Å². The van der Waals surface area contributed by atoms with Gasteiger partial charge in [0, 0.05) is 17.9 Å². The van der Waals surface area contributed by atoms with Gasteiger partial charge in [0.2, 0.25) is 5.82 Å². The fraction of sp³-hybridized carbons (Fsp3) is 0.318. The van der Waals surface area contributed by atoms with Crippen molar-refractivity contribution in [2.45, 2.75) is 31.7 Å². The molecular weight excluding hydrogens is 439 g/mol. The Labute approximate surface area is 179 Å². The van der Waals surface area contributed by atoms with E-state index in [1.54, 1.807) is 24.3 Å². The summed E-state index contributed by atoms with van der Waals surface area (Å²) in [6, 6.07) is 5.99. The van der Waals surface area contributed by atoms with Crippen LogP contribution in [0.2, 0.25) is 0 Å². The average Bonchev–Trinajstić information content (AvgIpc) is 2.77. The minimum atomic E-state index is -2.29. The van der Waals surface area contributed by atoms with E-state index < -0.39 is 58.9 Å². The van der Waals surface area contributed by atoms with E-state index >= 15 is 0 Å². The van der Waals surface area contributed by atoms with E-state index in [0.29, 0.717) is 0 Å². The highest BCUT2D eigenvalue weighted by atomic mass is 19.2. The molecule has 2 N–H and O–H groups in total. The maximum absolute atomic E-state index is 14.3. The van der Waals surface area contributed by atoms with E-state index in [1.165, 1.54) is 12.1 Å². The number of rotatable bonds is 7. The Morgan fingerprint density at radius 2 is 1.62 bits per heavy atom. The molecule has 0 amide bonds. The molecule has 5 nitrogen and oxygen atoms in total. The van der Waals surface area contributed by atoms with Gasteiger partial charge < -0.3 is 19.7 Å². The number of halogens is 5. The molecule has 3 rings (SSSR count). The number of carbonyl (C=O) groups is 1. The molecular formula is C22H19F5O5. The highest BCUT2D eigenvalue weighted by Gasteiger charge is 2.39. The first-order valence-electron chi connectivity index (χ1n) is 9.65. The van der Waals surface area contributed by atoms with Crippen LogP contribution in [0.25, 0.3) is 0 Å². The Kier molecular flexibility index (Phi) is 7.47. The Morgan fingerprint density at radius 1 is 1.00 bits per heavy atom. The second kappa shape index (κ2) is 10.1. The van der Waals surface area contributed by atoms with E-state index in [-0.39, 0.29) is 37.2 Å². The first-order chi connectivity index (χ1) is 15.2. The molecule has 0 bridgehead atoms. The van der Waals surface area contributed by atoms with Gasteiger partial charge in [-0.2, -0.15) is 0 Å². The second-order valence-corrected chi connectivity index (χ2v) is 7.16. The SMILES string of the molecule is O=C(O)CCC=CC[C@@H]1CO[C@H](c2c(F)c(F)c(F)c(F)c2F)O[C@@H]1c1ccccc1O. The number of para-hydroxylation sites is 1. The van der Waals surface area contributed by atoms with Crippen LogP contribution in [-0.2, 0) is 14.3 Å². The maximum Gasteiger partial charge on any atom is 0.303 e.